The van der Waals surface area contributed by atoms with E-state index in [9.17, 15) is 15.0 Å². The molecule has 192 valence electrons. The number of rotatable bonds is 7. The van der Waals surface area contributed by atoms with Crippen LogP contribution in [0.25, 0.3) is 22.5 Å². The standard InChI is InChI=1S/C31H25N5O3/c1-2-22-16-26(28(38)17-27(22)37)29-30(36(35-34-29)19-21-10-8-20(18-32)9-11-21)23-12-14-25(15-13-23)33-31(39)24-6-4-3-5-7-24/h3-17,37-38H,2,19H2,1H3,(H,33,39). The number of anilines is 1. The van der Waals surface area contributed by atoms with Gasteiger partial charge in [0, 0.05) is 28.4 Å². The number of nitrogens with zero attached hydrogens (tertiary/aromatic N) is 4. The highest BCUT2D eigenvalue weighted by molar-refractivity contribution is 6.04. The lowest BCUT2D eigenvalue weighted by molar-refractivity contribution is 0.102. The SMILES string of the molecule is CCc1cc(-c2nnn(Cc3ccc(C#N)cc3)c2-c2ccc(NC(=O)c3ccccc3)cc2)c(O)cc1O. The van der Waals surface area contributed by atoms with Gasteiger partial charge in [0.1, 0.15) is 17.2 Å². The molecule has 3 N–H and O–H groups in total. The van der Waals surface area contributed by atoms with Crippen LogP contribution in [-0.4, -0.2) is 31.1 Å². The van der Waals surface area contributed by atoms with Crippen molar-refractivity contribution in [3.05, 3.63) is 113 Å². The van der Waals surface area contributed by atoms with E-state index in [4.69, 9.17) is 5.26 Å². The van der Waals surface area contributed by atoms with Crippen molar-refractivity contribution < 1.29 is 15.0 Å². The Balaban J connectivity index is 1.54. The molecular weight excluding hydrogens is 490 g/mol. The van der Waals surface area contributed by atoms with Gasteiger partial charge in [-0.25, -0.2) is 4.68 Å². The Kier molecular flexibility index (Phi) is 7.06. The van der Waals surface area contributed by atoms with Gasteiger partial charge in [0.15, 0.2) is 0 Å². The number of nitrogens with one attached hydrogen (secondary N) is 1. The Morgan fingerprint density at radius 1 is 0.949 bits per heavy atom. The zero-order valence-electron chi connectivity index (χ0n) is 21.2. The third kappa shape index (κ3) is 5.33. The fraction of sp³-hybridized carbons (Fsp3) is 0.0968. The highest BCUT2D eigenvalue weighted by Crippen LogP contribution is 2.39. The van der Waals surface area contributed by atoms with Crippen molar-refractivity contribution in [2.24, 2.45) is 0 Å². The van der Waals surface area contributed by atoms with Crippen LogP contribution in [0.2, 0.25) is 0 Å². The maximum Gasteiger partial charge on any atom is 0.255 e. The fourth-order valence-electron chi connectivity index (χ4n) is 4.35. The van der Waals surface area contributed by atoms with E-state index in [-0.39, 0.29) is 17.4 Å². The smallest absolute Gasteiger partial charge is 0.255 e. The molecule has 8 heteroatoms. The summed E-state index contributed by atoms with van der Waals surface area (Å²) in [5.74, 6) is -0.301. The third-order valence-corrected chi connectivity index (χ3v) is 6.44. The van der Waals surface area contributed by atoms with Crippen LogP contribution in [0.3, 0.4) is 0 Å². The normalized spacial score (nSPS) is 10.7. The first-order valence-corrected chi connectivity index (χ1v) is 12.4. The molecule has 1 heterocycles. The van der Waals surface area contributed by atoms with Gasteiger partial charge in [0.25, 0.3) is 5.91 Å². The van der Waals surface area contributed by atoms with Crippen LogP contribution in [0.1, 0.15) is 34.0 Å². The van der Waals surface area contributed by atoms with E-state index in [2.05, 4.69) is 21.7 Å². The zero-order valence-corrected chi connectivity index (χ0v) is 21.2. The number of aryl methyl sites for hydroxylation is 1. The summed E-state index contributed by atoms with van der Waals surface area (Å²) in [5.41, 5.74) is 5.67. The average Bonchev–Trinajstić information content (AvgIpc) is 3.37. The molecule has 0 saturated carbocycles. The second kappa shape index (κ2) is 10.9. The molecule has 0 bridgehead atoms. The van der Waals surface area contributed by atoms with Gasteiger partial charge in [-0.05, 0) is 60.0 Å². The second-order valence-electron chi connectivity index (χ2n) is 9.00. The predicted octanol–water partition coefficient (Wildman–Crippen LogP) is 5.76. The van der Waals surface area contributed by atoms with Gasteiger partial charge in [-0.3, -0.25) is 4.79 Å². The minimum absolute atomic E-state index is 0.0174. The Morgan fingerprint density at radius 3 is 2.33 bits per heavy atom. The van der Waals surface area contributed by atoms with Gasteiger partial charge < -0.3 is 15.5 Å². The number of benzene rings is 4. The number of carbonyl (C=O) groups excluding carboxylic acids is 1. The summed E-state index contributed by atoms with van der Waals surface area (Å²) in [6, 6.07) is 28.7. The van der Waals surface area contributed by atoms with E-state index < -0.39 is 0 Å². The summed E-state index contributed by atoms with van der Waals surface area (Å²) in [5, 5.41) is 41.8. The van der Waals surface area contributed by atoms with Gasteiger partial charge in [-0.2, -0.15) is 5.26 Å². The number of hydrogen-bond acceptors (Lipinski definition) is 6. The van der Waals surface area contributed by atoms with E-state index >= 15 is 0 Å². The summed E-state index contributed by atoms with van der Waals surface area (Å²) in [7, 11) is 0. The molecule has 1 aromatic heterocycles. The lowest BCUT2D eigenvalue weighted by Gasteiger charge is -2.12. The summed E-state index contributed by atoms with van der Waals surface area (Å²) >= 11 is 0. The number of nitriles is 1. The quantitative estimate of drug-likeness (QED) is 0.253. The monoisotopic (exact) mass is 515 g/mol. The molecule has 0 aliphatic heterocycles. The van der Waals surface area contributed by atoms with Crippen molar-refractivity contribution in [3.63, 3.8) is 0 Å². The topological polar surface area (TPSA) is 124 Å². The summed E-state index contributed by atoms with van der Waals surface area (Å²) in [6.45, 7) is 2.29. The lowest BCUT2D eigenvalue weighted by atomic mass is 10.00. The van der Waals surface area contributed by atoms with Crippen molar-refractivity contribution in [2.75, 3.05) is 5.32 Å². The fourth-order valence-corrected chi connectivity index (χ4v) is 4.35. The van der Waals surface area contributed by atoms with Crippen LogP contribution in [0.4, 0.5) is 5.69 Å². The molecule has 0 unspecified atom stereocenters. The number of amides is 1. The number of aromatic nitrogens is 3. The molecule has 0 radical (unpaired) electrons. The largest absolute Gasteiger partial charge is 0.508 e. The molecule has 4 aromatic carbocycles. The molecule has 39 heavy (non-hydrogen) atoms. The Hall–Kier alpha value is -5.42. The summed E-state index contributed by atoms with van der Waals surface area (Å²) in [4.78, 5) is 12.6. The number of phenols is 2. The molecule has 5 rings (SSSR count). The van der Waals surface area contributed by atoms with Crippen LogP contribution in [-0.2, 0) is 13.0 Å². The van der Waals surface area contributed by atoms with E-state index in [0.29, 0.717) is 52.3 Å². The summed E-state index contributed by atoms with van der Waals surface area (Å²) < 4.78 is 1.73. The van der Waals surface area contributed by atoms with E-state index in [1.807, 2.05) is 49.4 Å². The van der Waals surface area contributed by atoms with Crippen molar-refractivity contribution in [3.8, 4) is 40.1 Å². The van der Waals surface area contributed by atoms with Gasteiger partial charge >= 0.3 is 0 Å². The first kappa shape index (κ1) is 25.2. The molecule has 0 aliphatic carbocycles. The zero-order chi connectivity index (χ0) is 27.4. The molecule has 1 amide bonds. The first-order valence-electron chi connectivity index (χ1n) is 12.4. The van der Waals surface area contributed by atoms with Crippen LogP contribution in [0.15, 0.2) is 91.0 Å². The molecule has 0 saturated heterocycles. The molecule has 8 nitrogen and oxygen atoms in total. The molecule has 0 spiro atoms. The van der Waals surface area contributed by atoms with E-state index in [1.54, 1.807) is 47.1 Å². The van der Waals surface area contributed by atoms with Crippen LogP contribution in [0.5, 0.6) is 11.5 Å². The van der Waals surface area contributed by atoms with Crippen molar-refractivity contribution in [1.82, 2.24) is 15.0 Å². The number of phenolic OH excluding ortho intramolecular Hbond substituents is 2. The van der Waals surface area contributed by atoms with Gasteiger partial charge in [0.2, 0.25) is 0 Å². The minimum atomic E-state index is -0.210. The molecule has 0 atom stereocenters. The number of carbonyl (C=O) groups is 1. The maximum absolute atomic E-state index is 12.6. The first-order chi connectivity index (χ1) is 19.0. The maximum atomic E-state index is 12.6. The van der Waals surface area contributed by atoms with Gasteiger partial charge in [0.05, 0.1) is 23.9 Å². The van der Waals surface area contributed by atoms with Gasteiger partial charge in [-0.15, -0.1) is 5.10 Å². The van der Waals surface area contributed by atoms with Crippen LogP contribution < -0.4 is 5.32 Å². The Morgan fingerprint density at radius 2 is 1.67 bits per heavy atom. The predicted molar refractivity (Wildman–Crippen MR) is 148 cm³/mol. The molecule has 0 fully saturated rings. The third-order valence-electron chi connectivity index (χ3n) is 6.44. The van der Waals surface area contributed by atoms with E-state index in [1.165, 1.54) is 6.07 Å². The van der Waals surface area contributed by atoms with Crippen LogP contribution in [0, 0.1) is 11.3 Å². The highest BCUT2D eigenvalue weighted by Gasteiger charge is 2.21. The molecule has 5 aromatic rings. The molecule has 0 aliphatic rings. The van der Waals surface area contributed by atoms with Crippen molar-refractivity contribution >= 4 is 11.6 Å². The number of aromatic hydroxyl groups is 2. The lowest BCUT2D eigenvalue weighted by Crippen LogP contribution is -2.11. The molecular formula is C31H25N5O3. The Bertz CT molecular complexity index is 1670. The van der Waals surface area contributed by atoms with Crippen molar-refractivity contribution in [1.29, 1.82) is 5.26 Å². The minimum Gasteiger partial charge on any atom is -0.508 e. The van der Waals surface area contributed by atoms with Crippen molar-refractivity contribution in [2.45, 2.75) is 19.9 Å². The number of hydrogen-bond donors (Lipinski definition) is 3. The summed E-state index contributed by atoms with van der Waals surface area (Å²) in [6.07, 6.45) is 0.573. The Labute approximate surface area is 225 Å². The van der Waals surface area contributed by atoms with Gasteiger partial charge in [-0.1, -0.05) is 54.6 Å². The highest BCUT2D eigenvalue weighted by atomic mass is 16.3. The van der Waals surface area contributed by atoms with Crippen LogP contribution >= 0.6 is 0 Å². The second-order valence-corrected chi connectivity index (χ2v) is 9.00. The van der Waals surface area contributed by atoms with E-state index in [0.717, 1.165) is 11.1 Å². The average molecular weight is 516 g/mol.